The molecule has 2 aromatic heterocycles. The molecular formula is C28H30F6N4O8. The first-order valence-corrected chi connectivity index (χ1v) is 13.5. The Balaban J connectivity index is 0.000000345. The molecule has 12 nitrogen and oxygen atoms in total. The first kappa shape index (κ1) is 35.9. The van der Waals surface area contributed by atoms with Crippen LogP contribution in [0.3, 0.4) is 0 Å². The van der Waals surface area contributed by atoms with E-state index in [2.05, 4.69) is 19.8 Å². The van der Waals surface area contributed by atoms with Gasteiger partial charge in [0.25, 0.3) is 5.91 Å². The van der Waals surface area contributed by atoms with Gasteiger partial charge in [-0.05, 0) is 42.7 Å². The number of ether oxygens (including phenoxy) is 2. The number of carbonyl (C=O) groups is 3. The van der Waals surface area contributed by atoms with Crippen LogP contribution in [0, 0.1) is 0 Å². The summed E-state index contributed by atoms with van der Waals surface area (Å²) in [7, 11) is 1.64. The maximum absolute atomic E-state index is 13.0. The van der Waals surface area contributed by atoms with E-state index in [-0.39, 0.29) is 5.91 Å². The van der Waals surface area contributed by atoms with Gasteiger partial charge in [0.15, 0.2) is 6.10 Å². The number of hydrogen-bond donors (Lipinski definition) is 3. The van der Waals surface area contributed by atoms with E-state index in [0.717, 1.165) is 55.4 Å². The Morgan fingerprint density at radius 2 is 1.61 bits per heavy atom. The minimum Gasteiger partial charge on any atom is -0.497 e. The molecule has 1 saturated heterocycles. The minimum absolute atomic E-state index is 0.0995. The number of imidazole rings is 1. The predicted molar refractivity (Wildman–Crippen MR) is 144 cm³/mol. The first-order chi connectivity index (χ1) is 21.5. The van der Waals surface area contributed by atoms with Gasteiger partial charge in [0.2, 0.25) is 0 Å². The van der Waals surface area contributed by atoms with Crippen molar-refractivity contribution in [3.8, 4) is 5.75 Å². The van der Waals surface area contributed by atoms with E-state index >= 15 is 0 Å². The molecule has 1 atom stereocenters. The molecule has 46 heavy (non-hydrogen) atoms. The van der Waals surface area contributed by atoms with Crippen molar-refractivity contribution in [2.75, 3.05) is 20.2 Å². The maximum atomic E-state index is 13.0. The van der Waals surface area contributed by atoms with E-state index in [1.807, 2.05) is 42.6 Å². The molecule has 1 unspecified atom stereocenters. The van der Waals surface area contributed by atoms with Crippen molar-refractivity contribution in [3.63, 3.8) is 0 Å². The number of piperidine rings is 1. The highest BCUT2D eigenvalue weighted by molar-refractivity contribution is 5.81. The number of fused-ring (bicyclic) bond motifs is 2. The molecule has 0 aliphatic carbocycles. The van der Waals surface area contributed by atoms with Gasteiger partial charge in [-0.1, -0.05) is 12.1 Å². The second-order valence-electron chi connectivity index (χ2n) is 10.0. The largest absolute Gasteiger partial charge is 0.497 e. The number of halogens is 6. The molecule has 252 valence electrons. The Bertz CT molecular complexity index is 1410. The van der Waals surface area contributed by atoms with E-state index in [9.17, 15) is 31.1 Å². The van der Waals surface area contributed by atoms with Crippen molar-refractivity contribution in [1.82, 2.24) is 19.8 Å². The summed E-state index contributed by atoms with van der Waals surface area (Å²) in [5.41, 5.74) is 0.475. The molecule has 1 fully saturated rings. The molecule has 1 amide bonds. The average molecular weight is 665 g/mol. The van der Waals surface area contributed by atoms with Gasteiger partial charge in [-0.2, -0.15) is 26.3 Å². The summed E-state index contributed by atoms with van der Waals surface area (Å²) in [6.07, 6.45) is -3.70. The SMILES string of the molecule is COc1ccc(CNC(=O)C2Cn3ccnc3C3(CCN(Cc4ccco4)CC3)O2)cc1.O=C(O)C(F)(F)F.O=C(O)C(F)(F)F. The van der Waals surface area contributed by atoms with Gasteiger partial charge in [0.1, 0.15) is 22.9 Å². The fourth-order valence-electron chi connectivity index (χ4n) is 4.62. The number of carbonyl (C=O) groups excluding carboxylic acids is 1. The smallest absolute Gasteiger partial charge is 0.490 e. The molecule has 2 aliphatic heterocycles. The number of rotatable bonds is 6. The van der Waals surface area contributed by atoms with E-state index in [1.165, 1.54) is 0 Å². The standard InChI is InChI=1S/C24H28N4O4.2C2HF3O2/c1-30-19-6-4-18(5-7-19)15-26-22(29)21-17-28-13-10-25-23(28)24(32-21)8-11-27(12-9-24)16-20-3-2-14-31-20;2*3-2(4,5)1(6)7/h2-7,10,13-14,21H,8-9,11-12,15-17H2,1H3,(H,26,29);2*(H,6,7). The number of nitrogens with zero attached hydrogens (tertiary/aromatic N) is 3. The number of furan rings is 1. The first-order valence-electron chi connectivity index (χ1n) is 13.5. The number of aromatic nitrogens is 2. The van der Waals surface area contributed by atoms with Crippen LogP contribution in [0.1, 0.15) is 30.0 Å². The third-order valence-electron chi connectivity index (χ3n) is 6.88. The number of nitrogens with one attached hydrogen (secondary N) is 1. The van der Waals surface area contributed by atoms with E-state index in [4.69, 9.17) is 33.7 Å². The second-order valence-corrected chi connectivity index (χ2v) is 10.0. The summed E-state index contributed by atoms with van der Waals surface area (Å²) < 4.78 is 82.7. The highest BCUT2D eigenvalue weighted by Gasteiger charge is 2.47. The van der Waals surface area contributed by atoms with Gasteiger partial charge in [0, 0.05) is 32.0 Å². The zero-order valence-electron chi connectivity index (χ0n) is 24.2. The fraction of sp³-hybridized carbons (Fsp3) is 0.429. The summed E-state index contributed by atoms with van der Waals surface area (Å²) in [4.78, 5) is 37.8. The molecule has 0 bridgehead atoms. The van der Waals surface area contributed by atoms with Crippen molar-refractivity contribution in [2.45, 2.75) is 56.5 Å². The molecule has 2 aliphatic rings. The van der Waals surface area contributed by atoms with E-state index in [1.54, 1.807) is 19.6 Å². The van der Waals surface area contributed by atoms with Gasteiger partial charge in [-0.15, -0.1) is 0 Å². The molecule has 1 aromatic carbocycles. The van der Waals surface area contributed by atoms with Crippen LogP contribution < -0.4 is 10.1 Å². The Morgan fingerprint density at radius 1 is 1.02 bits per heavy atom. The lowest BCUT2D eigenvalue weighted by molar-refractivity contribution is -0.193. The van der Waals surface area contributed by atoms with Crippen molar-refractivity contribution in [1.29, 1.82) is 0 Å². The van der Waals surface area contributed by atoms with Crippen molar-refractivity contribution < 1.29 is 64.8 Å². The monoisotopic (exact) mass is 664 g/mol. The summed E-state index contributed by atoms with van der Waals surface area (Å²) in [5, 5.41) is 17.3. The molecule has 3 N–H and O–H groups in total. The predicted octanol–water partition coefficient (Wildman–Crippen LogP) is 3.96. The number of carboxylic acids is 2. The summed E-state index contributed by atoms with van der Waals surface area (Å²) in [6.45, 7) is 3.41. The number of likely N-dealkylation sites (tertiary alicyclic amines) is 1. The third-order valence-corrected chi connectivity index (χ3v) is 6.88. The fourth-order valence-corrected chi connectivity index (χ4v) is 4.62. The molecule has 18 heteroatoms. The molecule has 0 radical (unpaired) electrons. The van der Waals surface area contributed by atoms with E-state index < -0.39 is 36.0 Å². The second kappa shape index (κ2) is 15.1. The summed E-state index contributed by atoms with van der Waals surface area (Å²) in [5.74, 6) is -2.93. The van der Waals surface area contributed by atoms with Crippen LogP contribution in [0.2, 0.25) is 0 Å². The number of aliphatic carboxylic acids is 2. The van der Waals surface area contributed by atoms with Crippen molar-refractivity contribution in [2.24, 2.45) is 0 Å². The lowest BCUT2D eigenvalue weighted by Gasteiger charge is -2.45. The Hall–Kier alpha value is -4.58. The molecule has 4 heterocycles. The number of benzene rings is 1. The zero-order valence-corrected chi connectivity index (χ0v) is 24.2. The number of alkyl halides is 6. The normalized spacial score (nSPS) is 17.4. The van der Waals surface area contributed by atoms with Crippen LogP contribution in [0.4, 0.5) is 26.3 Å². The van der Waals surface area contributed by atoms with E-state index in [0.29, 0.717) is 13.1 Å². The van der Waals surface area contributed by atoms with Crippen LogP contribution in [-0.2, 0) is 44.4 Å². The Kier molecular flexibility index (Phi) is 11.8. The maximum Gasteiger partial charge on any atom is 0.490 e. The van der Waals surface area contributed by atoms with Crippen molar-refractivity contribution in [3.05, 3.63) is 72.2 Å². The topological polar surface area (TPSA) is 156 Å². The molecule has 5 rings (SSSR count). The van der Waals surface area contributed by atoms with Gasteiger partial charge in [-0.25, -0.2) is 14.6 Å². The lowest BCUT2D eigenvalue weighted by atomic mass is 9.88. The van der Waals surface area contributed by atoms with Gasteiger partial charge in [0.05, 0.1) is 26.5 Å². The summed E-state index contributed by atoms with van der Waals surface area (Å²) >= 11 is 0. The van der Waals surface area contributed by atoms with Gasteiger partial charge < -0.3 is 34.0 Å². The average Bonchev–Trinajstić information content (AvgIpc) is 3.70. The number of methoxy groups -OCH3 is 1. The summed E-state index contributed by atoms with van der Waals surface area (Å²) in [6, 6.07) is 11.6. The van der Waals surface area contributed by atoms with Crippen LogP contribution in [0.25, 0.3) is 0 Å². The van der Waals surface area contributed by atoms with Crippen LogP contribution >= 0.6 is 0 Å². The Labute approximate surface area is 257 Å². The van der Waals surface area contributed by atoms with Crippen molar-refractivity contribution >= 4 is 17.8 Å². The van der Waals surface area contributed by atoms with Crippen LogP contribution in [0.5, 0.6) is 5.75 Å². The zero-order chi connectivity index (χ0) is 34.1. The number of amides is 1. The number of hydrogen-bond acceptors (Lipinski definition) is 8. The minimum atomic E-state index is -5.08. The van der Waals surface area contributed by atoms with Crippen LogP contribution in [-0.4, -0.2) is 81.2 Å². The lowest BCUT2D eigenvalue weighted by Crippen LogP contribution is -2.53. The molecule has 1 spiro atoms. The van der Waals surface area contributed by atoms with Gasteiger partial charge in [-0.3, -0.25) is 9.69 Å². The molecule has 3 aromatic rings. The van der Waals surface area contributed by atoms with Gasteiger partial charge >= 0.3 is 24.3 Å². The quantitative estimate of drug-likeness (QED) is 0.330. The molecular weight excluding hydrogens is 634 g/mol. The number of carboxylic acid groups (broad SMARTS) is 2. The highest BCUT2D eigenvalue weighted by Crippen LogP contribution is 2.40. The van der Waals surface area contributed by atoms with Crippen LogP contribution in [0.15, 0.2) is 59.5 Å². The third kappa shape index (κ3) is 9.96. The molecule has 0 saturated carbocycles. The Morgan fingerprint density at radius 3 is 2.11 bits per heavy atom. The highest BCUT2D eigenvalue weighted by atomic mass is 19.4.